The Morgan fingerprint density at radius 1 is 1.21 bits per heavy atom. The molecule has 3 aromatic rings. The molecule has 34 heavy (non-hydrogen) atoms. The third-order valence-corrected chi connectivity index (χ3v) is 4.70. The average molecular weight is 484 g/mol. The normalized spacial score (nSPS) is 12.5. The fraction of sp³-hybridized carbons (Fsp3) is 0.333. The van der Waals surface area contributed by atoms with Crippen LogP contribution < -0.4 is 10.4 Å². The number of halogens is 4. The molecule has 1 aromatic carbocycles. The summed E-state index contributed by atoms with van der Waals surface area (Å²) in [5.41, 5.74) is -0.915. The number of hydrogen-bond donors (Lipinski definition) is 1. The predicted octanol–water partition coefficient (Wildman–Crippen LogP) is 3.33. The van der Waals surface area contributed by atoms with Gasteiger partial charge in [-0.3, -0.25) is 4.57 Å². The van der Waals surface area contributed by atoms with Gasteiger partial charge in [0.05, 0.1) is 6.61 Å². The highest BCUT2D eigenvalue weighted by Gasteiger charge is 2.39. The SMILES string of the molecule is CCn1c(COCc2ccccc2)nn(-c2nc(OC(C)C(F)(F)F)c(C(=O)O)cc2F)c1=O. The first kappa shape index (κ1) is 24.9. The molecule has 0 aliphatic carbocycles. The molecule has 0 aliphatic heterocycles. The van der Waals surface area contributed by atoms with E-state index in [9.17, 15) is 32.3 Å². The van der Waals surface area contributed by atoms with Gasteiger partial charge in [0.2, 0.25) is 5.88 Å². The first-order valence-electron chi connectivity index (χ1n) is 10.0. The molecule has 182 valence electrons. The van der Waals surface area contributed by atoms with Crippen LogP contribution in [0.15, 0.2) is 41.2 Å². The van der Waals surface area contributed by atoms with E-state index in [-0.39, 0.29) is 25.6 Å². The molecule has 0 spiro atoms. The van der Waals surface area contributed by atoms with Crippen LogP contribution in [-0.4, -0.2) is 42.7 Å². The number of hydrogen-bond acceptors (Lipinski definition) is 6. The van der Waals surface area contributed by atoms with Crippen molar-refractivity contribution in [3.8, 4) is 11.7 Å². The zero-order chi connectivity index (χ0) is 25.0. The monoisotopic (exact) mass is 484 g/mol. The largest absolute Gasteiger partial charge is 0.477 e. The third kappa shape index (κ3) is 5.42. The van der Waals surface area contributed by atoms with Crippen molar-refractivity contribution in [1.29, 1.82) is 0 Å². The molecule has 13 heteroatoms. The Labute approximate surface area is 190 Å². The summed E-state index contributed by atoms with van der Waals surface area (Å²) in [5.74, 6) is -4.75. The summed E-state index contributed by atoms with van der Waals surface area (Å²) in [6.45, 7) is 2.47. The van der Waals surface area contributed by atoms with Crippen LogP contribution in [0.5, 0.6) is 5.88 Å². The van der Waals surface area contributed by atoms with Crippen molar-refractivity contribution in [1.82, 2.24) is 19.3 Å². The fourth-order valence-corrected chi connectivity index (χ4v) is 2.92. The van der Waals surface area contributed by atoms with Crippen molar-refractivity contribution in [2.24, 2.45) is 0 Å². The van der Waals surface area contributed by atoms with Gasteiger partial charge in [0, 0.05) is 6.54 Å². The standard InChI is InChI=1S/C21H20F4N4O5/c1-3-28-16(11-33-10-13-7-5-4-6-8-13)27-29(20(28)32)17-15(22)9-14(19(30)31)18(26-17)34-12(2)21(23,24)25/h4-9,12H,3,10-11H2,1-2H3,(H,30,31). The number of carbonyl (C=O) groups is 1. The van der Waals surface area contributed by atoms with E-state index in [0.717, 1.165) is 10.1 Å². The number of carboxylic acid groups (broad SMARTS) is 1. The molecule has 1 unspecified atom stereocenters. The molecule has 3 rings (SSSR count). The maximum atomic E-state index is 14.7. The zero-order valence-corrected chi connectivity index (χ0v) is 18.0. The fourth-order valence-electron chi connectivity index (χ4n) is 2.92. The first-order valence-corrected chi connectivity index (χ1v) is 10.0. The van der Waals surface area contributed by atoms with E-state index in [2.05, 4.69) is 14.8 Å². The number of benzene rings is 1. The lowest BCUT2D eigenvalue weighted by atomic mass is 10.2. The second kappa shape index (κ2) is 10.0. The predicted molar refractivity (Wildman–Crippen MR) is 109 cm³/mol. The maximum absolute atomic E-state index is 14.7. The molecule has 0 amide bonds. The zero-order valence-electron chi connectivity index (χ0n) is 18.0. The minimum absolute atomic E-state index is 0.109. The van der Waals surface area contributed by atoms with Crippen molar-refractivity contribution in [3.63, 3.8) is 0 Å². The lowest BCUT2D eigenvalue weighted by molar-refractivity contribution is -0.190. The molecule has 0 fully saturated rings. The van der Waals surface area contributed by atoms with E-state index in [4.69, 9.17) is 4.74 Å². The van der Waals surface area contributed by atoms with Gasteiger partial charge in [0.1, 0.15) is 12.2 Å². The van der Waals surface area contributed by atoms with Gasteiger partial charge in [0.15, 0.2) is 23.6 Å². The number of rotatable bonds is 9. The molecular formula is C21H20F4N4O5. The quantitative estimate of drug-likeness (QED) is 0.464. The summed E-state index contributed by atoms with van der Waals surface area (Å²) >= 11 is 0. The molecule has 1 atom stereocenters. The Morgan fingerprint density at radius 3 is 2.47 bits per heavy atom. The van der Waals surface area contributed by atoms with Gasteiger partial charge >= 0.3 is 17.8 Å². The number of pyridine rings is 1. The molecule has 0 saturated heterocycles. The van der Waals surface area contributed by atoms with Crippen LogP contribution in [0.2, 0.25) is 0 Å². The molecule has 0 saturated carbocycles. The van der Waals surface area contributed by atoms with E-state index < -0.39 is 47.0 Å². The van der Waals surface area contributed by atoms with Crippen LogP contribution in [0.25, 0.3) is 5.82 Å². The topological polar surface area (TPSA) is 108 Å². The summed E-state index contributed by atoms with van der Waals surface area (Å²) in [4.78, 5) is 27.7. The summed E-state index contributed by atoms with van der Waals surface area (Å²) in [5, 5.41) is 13.2. The highest BCUT2D eigenvalue weighted by atomic mass is 19.4. The van der Waals surface area contributed by atoms with Crippen LogP contribution in [0, 0.1) is 5.82 Å². The molecule has 2 heterocycles. The Hall–Kier alpha value is -3.74. The van der Waals surface area contributed by atoms with Crippen molar-refractivity contribution in [2.75, 3.05) is 0 Å². The van der Waals surface area contributed by atoms with Crippen LogP contribution >= 0.6 is 0 Å². The summed E-state index contributed by atoms with van der Waals surface area (Å²) in [6.07, 6.45) is -7.28. The Bertz CT molecular complexity index is 1220. The second-order valence-corrected chi connectivity index (χ2v) is 7.09. The summed E-state index contributed by atoms with van der Waals surface area (Å²) < 4.78 is 65.4. The van der Waals surface area contributed by atoms with Gasteiger partial charge in [-0.05, 0) is 25.5 Å². The van der Waals surface area contributed by atoms with Crippen molar-refractivity contribution < 1.29 is 36.9 Å². The smallest absolute Gasteiger partial charge is 0.425 e. The Kier molecular flexibility index (Phi) is 7.35. The van der Waals surface area contributed by atoms with Crippen molar-refractivity contribution in [3.05, 3.63) is 69.7 Å². The summed E-state index contributed by atoms with van der Waals surface area (Å²) in [7, 11) is 0. The van der Waals surface area contributed by atoms with E-state index in [0.29, 0.717) is 17.7 Å². The van der Waals surface area contributed by atoms with E-state index in [1.54, 1.807) is 6.92 Å². The minimum Gasteiger partial charge on any atom is -0.477 e. The molecule has 1 N–H and O–H groups in total. The molecule has 2 aromatic heterocycles. The molecular weight excluding hydrogens is 464 g/mol. The number of aromatic nitrogens is 4. The van der Waals surface area contributed by atoms with Gasteiger partial charge in [-0.15, -0.1) is 5.10 Å². The number of alkyl halides is 3. The van der Waals surface area contributed by atoms with Gasteiger partial charge in [-0.25, -0.2) is 14.0 Å². The second-order valence-electron chi connectivity index (χ2n) is 7.09. The van der Waals surface area contributed by atoms with Crippen LogP contribution in [0.4, 0.5) is 17.6 Å². The van der Waals surface area contributed by atoms with Crippen LogP contribution in [0.1, 0.15) is 35.6 Å². The van der Waals surface area contributed by atoms with Crippen molar-refractivity contribution in [2.45, 2.75) is 45.9 Å². The minimum atomic E-state index is -4.84. The third-order valence-electron chi connectivity index (χ3n) is 4.70. The van der Waals surface area contributed by atoms with Gasteiger partial charge < -0.3 is 14.6 Å². The highest BCUT2D eigenvalue weighted by molar-refractivity contribution is 5.90. The molecule has 0 aliphatic rings. The van der Waals surface area contributed by atoms with Gasteiger partial charge in [-0.1, -0.05) is 30.3 Å². The maximum Gasteiger partial charge on any atom is 0.425 e. The number of nitrogens with zero attached hydrogens (tertiary/aromatic N) is 4. The van der Waals surface area contributed by atoms with E-state index in [1.807, 2.05) is 30.3 Å². The molecule has 0 bridgehead atoms. The average Bonchev–Trinajstić information content (AvgIpc) is 3.09. The Balaban J connectivity index is 1.97. The number of ether oxygens (including phenoxy) is 2. The lowest BCUT2D eigenvalue weighted by Gasteiger charge is -2.18. The summed E-state index contributed by atoms with van der Waals surface area (Å²) in [6, 6.07) is 9.57. The molecule has 9 nitrogen and oxygen atoms in total. The first-order chi connectivity index (χ1) is 16.0. The van der Waals surface area contributed by atoms with Crippen molar-refractivity contribution >= 4 is 5.97 Å². The van der Waals surface area contributed by atoms with E-state index in [1.165, 1.54) is 0 Å². The number of carboxylic acids is 1. The Morgan fingerprint density at radius 2 is 1.88 bits per heavy atom. The molecule has 0 radical (unpaired) electrons. The number of aromatic carboxylic acids is 1. The van der Waals surface area contributed by atoms with Crippen LogP contribution in [-0.2, 0) is 24.5 Å². The van der Waals surface area contributed by atoms with E-state index >= 15 is 0 Å². The van der Waals surface area contributed by atoms with Gasteiger partial charge in [-0.2, -0.15) is 22.8 Å². The van der Waals surface area contributed by atoms with Crippen LogP contribution in [0.3, 0.4) is 0 Å². The highest BCUT2D eigenvalue weighted by Crippen LogP contribution is 2.28. The lowest BCUT2D eigenvalue weighted by Crippen LogP contribution is -2.32. The van der Waals surface area contributed by atoms with Gasteiger partial charge in [0.25, 0.3) is 0 Å².